The maximum absolute atomic E-state index is 5.49. The third-order valence-corrected chi connectivity index (χ3v) is 4.17. The van der Waals surface area contributed by atoms with E-state index < -0.39 is 0 Å². The molecule has 1 fully saturated rings. The molecular formula is C10H18N4S. The van der Waals surface area contributed by atoms with Crippen molar-refractivity contribution in [2.24, 2.45) is 5.73 Å². The molecule has 1 aromatic heterocycles. The highest BCUT2D eigenvalue weighted by molar-refractivity contribution is 7.99. The standard InChI is InChI=1S/C10H18N4S/c1-2-15-10-4-3-9(10)14-7-8(5-6-11)12-13-14/h7,9-10H,2-6,11H2,1H3. The summed E-state index contributed by atoms with van der Waals surface area (Å²) in [4.78, 5) is 0. The van der Waals surface area contributed by atoms with Crippen molar-refractivity contribution in [3.63, 3.8) is 0 Å². The molecule has 2 N–H and O–H groups in total. The molecule has 1 aromatic rings. The zero-order chi connectivity index (χ0) is 10.7. The monoisotopic (exact) mass is 226 g/mol. The summed E-state index contributed by atoms with van der Waals surface area (Å²) in [5.74, 6) is 1.19. The van der Waals surface area contributed by atoms with Crippen LogP contribution in [-0.4, -0.2) is 32.5 Å². The van der Waals surface area contributed by atoms with Crippen LogP contribution >= 0.6 is 11.8 Å². The zero-order valence-electron chi connectivity index (χ0n) is 9.09. The first-order valence-corrected chi connectivity index (χ1v) is 6.62. The van der Waals surface area contributed by atoms with Crippen LogP contribution in [0.15, 0.2) is 6.20 Å². The highest BCUT2D eigenvalue weighted by Gasteiger charge is 2.32. The van der Waals surface area contributed by atoms with Crippen LogP contribution in [0, 0.1) is 0 Å². The lowest BCUT2D eigenvalue weighted by molar-refractivity contribution is 0.297. The van der Waals surface area contributed by atoms with Gasteiger partial charge in [0, 0.05) is 17.9 Å². The molecule has 0 radical (unpaired) electrons. The molecule has 0 aromatic carbocycles. The lowest BCUT2D eigenvalue weighted by Gasteiger charge is -2.35. The van der Waals surface area contributed by atoms with Gasteiger partial charge in [0.25, 0.3) is 0 Å². The zero-order valence-corrected chi connectivity index (χ0v) is 9.91. The lowest BCUT2D eigenvalue weighted by atomic mass is 9.92. The minimum Gasteiger partial charge on any atom is -0.330 e. The van der Waals surface area contributed by atoms with Gasteiger partial charge in [0.05, 0.1) is 11.7 Å². The van der Waals surface area contributed by atoms with Gasteiger partial charge in [-0.25, -0.2) is 4.68 Å². The summed E-state index contributed by atoms with van der Waals surface area (Å²) in [6.45, 7) is 2.86. The van der Waals surface area contributed by atoms with Crippen molar-refractivity contribution < 1.29 is 0 Å². The van der Waals surface area contributed by atoms with Crippen LogP contribution in [0.1, 0.15) is 31.5 Å². The largest absolute Gasteiger partial charge is 0.330 e. The Labute approximate surface area is 94.6 Å². The molecule has 15 heavy (non-hydrogen) atoms. The number of thioether (sulfide) groups is 1. The van der Waals surface area contributed by atoms with Crippen LogP contribution in [0.3, 0.4) is 0 Å². The summed E-state index contributed by atoms with van der Waals surface area (Å²) in [5, 5.41) is 9.05. The van der Waals surface area contributed by atoms with E-state index in [-0.39, 0.29) is 0 Å². The van der Waals surface area contributed by atoms with E-state index in [1.165, 1.54) is 18.6 Å². The number of aromatic nitrogens is 3. The van der Waals surface area contributed by atoms with Crippen molar-refractivity contribution in [3.05, 3.63) is 11.9 Å². The van der Waals surface area contributed by atoms with Gasteiger partial charge in [0.2, 0.25) is 0 Å². The number of nitrogens with two attached hydrogens (primary N) is 1. The molecule has 5 heteroatoms. The minimum absolute atomic E-state index is 0.564. The molecule has 1 heterocycles. The lowest BCUT2D eigenvalue weighted by Crippen LogP contribution is -2.32. The highest BCUT2D eigenvalue weighted by atomic mass is 32.2. The second kappa shape index (κ2) is 4.99. The Hall–Kier alpha value is -0.550. The van der Waals surface area contributed by atoms with Gasteiger partial charge in [-0.05, 0) is 25.1 Å². The van der Waals surface area contributed by atoms with E-state index in [4.69, 9.17) is 5.73 Å². The summed E-state index contributed by atoms with van der Waals surface area (Å²) < 4.78 is 2.03. The van der Waals surface area contributed by atoms with E-state index in [1.807, 2.05) is 16.4 Å². The molecule has 0 bridgehead atoms. The third kappa shape index (κ3) is 2.34. The maximum Gasteiger partial charge on any atom is 0.0839 e. The van der Waals surface area contributed by atoms with Crippen molar-refractivity contribution in [1.82, 2.24) is 15.0 Å². The minimum atomic E-state index is 0.564. The summed E-state index contributed by atoms with van der Waals surface area (Å²) >= 11 is 2.03. The highest BCUT2D eigenvalue weighted by Crippen LogP contribution is 2.40. The molecule has 0 saturated heterocycles. The van der Waals surface area contributed by atoms with E-state index in [2.05, 4.69) is 23.4 Å². The van der Waals surface area contributed by atoms with Gasteiger partial charge in [0.15, 0.2) is 0 Å². The van der Waals surface area contributed by atoms with E-state index in [9.17, 15) is 0 Å². The SMILES string of the molecule is CCSC1CCC1n1cc(CCN)nn1. The molecule has 1 aliphatic rings. The van der Waals surface area contributed by atoms with Crippen LogP contribution in [0.4, 0.5) is 0 Å². The van der Waals surface area contributed by atoms with Gasteiger partial charge in [-0.15, -0.1) is 5.10 Å². The van der Waals surface area contributed by atoms with Crippen LogP contribution in [0.5, 0.6) is 0 Å². The quantitative estimate of drug-likeness (QED) is 0.820. The van der Waals surface area contributed by atoms with Gasteiger partial charge in [-0.2, -0.15) is 11.8 Å². The fourth-order valence-corrected chi connectivity index (χ4v) is 3.11. The Kier molecular flexibility index (Phi) is 3.64. The van der Waals surface area contributed by atoms with Gasteiger partial charge in [-0.3, -0.25) is 0 Å². The molecule has 2 rings (SSSR count). The van der Waals surface area contributed by atoms with Crippen LogP contribution in [0.25, 0.3) is 0 Å². The van der Waals surface area contributed by atoms with Crippen molar-refractivity contribution >= 4 is 11.8 Å². The molecular weight excluding hydrogens is 208 g/mol. The fourth-order valence-electron chi connectivity index (χ4n) is 1.90. The van der Waals surface area contributed by atoms with E-state index in [0.29, 0.717) is 12.6 Å². The van der Waals surface area contributed by atoms with Gasteiger partial charge in [-0.1, -0.05) is 12.1 Å². The topological polar surface area (TPSA) is 56.7 Å². The molecule has 1 aliphatic carbocycles. The van der Waals surface area contributed by atoms with E-state index >= 15 is 0 Å². The van der Waals surface area contributed by atoms with Crippen molar-refractivity contribution in [2.75, 3.05) is 12.3 Å². The maximum atomic E-state index is 5.49. The van der Waals surface area contributed by atoms with E-state index in [1.54, 1.807) is 0 Å². The first-order valence-electron chi connectivity index (χ1n) is 5.57. The first kappa shape index (κ1) is 11.0. The van der Waals surface area contributed by atoms with Crippen LogP contribution in [0.2, 0.25) is 0 Å². The molecule has 2 unspecified atom stereocenters. The summed E-state index contributed by atoms with van der Waals surface area (Å²) in [5.41, 5.74) is 6.50. The number of rotatable bonds is 5. The average Bonchev–Trinajstić information content (AvgIpc) is 2.61. The molecule has 0 aliphatic heterocycles. The normalized spacial score (nSPS) is 25.2. The van der Waals surface area contributed by atoms with Gasteiger partial charge < -0.3 is 5.73 Å². The first-order chi connectivity index (χ1) is 7.35. The van der Waals surface area contributed by atoms with Crippen molar-refractivity contribution in [1.29, 1.82) is 0 Å². The molecule has 2 atom stereocenters. The van der Waals surface area contributed by atoms with Crippen molar-refractivity contribution in [3.8, 4) is 0 Å². The molecule has 0 amide bonds. The molecule has 0 spiro atoms. The predicted molar refractivity (Wildman–Crippen MR) is 63.0 cm³/mol. The number of hydrogen-bond acceptors (Lipinski definition) is 4. The van der Waals surface area contributed by atoms with Gasteiger partial charge >= 0.3 is 0 Å². The summed E-state index contributed by atoms with van der Waals surface area (Å²) in [6, 6.07) is 0.564. The Morgan fingerprint density at radius 2 is 2.47 bits per heavy atom. The van der Waals surface area contributed by atoms with Gasteiger partial charge in [0.1, 0.15) is 0 Å². The molecule has 1 saturated carbocycles. The predicted octanol–water partition coefficient (Wildman–Crippen LogP) is 1.24. The smallest absolute Gasteiger partial charge is 0.0839 e. The Bertz CT molecular complexity index is 312. The third-order valence-electron chi connectivity index (χ3n) is 2.85. The molecule has 4 nitrogen and oxygen atoms in total. The van der Waals surface area contributed by atoms with Crippen LogP contribution < -0.4 is 5.73 Å². The Morgan fingerprint density at radius 1 is 1.60 bits per heavy atom. The second-order valence-corrected chi connectivity index (χ2v) is 5.38. The second-order valence-electron chi connectivity index (χ2n) is 3.87. The fraction of sp³-hybridized carbons (Fsp3) is 0.800. The van der Waals surface area contributed by atoms with Crippen LogP contribution in [-0.2, 0) is 6.42 Å². The molecule has 84 valence electrons. The average molecular weight is 226 g/mol. The Balaban J connectivity index is 1.97. The van der Waals surface area contributed by atoms with E-state index in [0.717, 1.165) is 17.4 Å². The number of hydrogen-bond donors (Lipinski definition) is 1. The Morgan fingerprint density at radius 3 is 3.07 bits per heavy atom. The summed E-state index contributed by atoms with van der Waals surface area (Å²) in [6.07, 6.45) is 5.44. The number of nitrogens with zero attached hydrogens (tertiary/aromatic N) is 3. The van der Waals surface area contributed by atoms with Crippen molar-refractivity contribution in [2.45, 2.75) is 37.5 Å². The summed E-state index contributed by atoms with van der Waals surface area (Å²) in [7, 11) is 0.